The predicted molar refractivity (Wildman–Crippen MR) is 93.1 cm³/mol. The standard InChI is InChI=1S/C19H28N2O4/c1-19(2,3)25-18(23)21-14-6-7-15(21)12-13(11-14)20-17(22)9-8-16-5-4-10-24-16/h4-5,10,13-15H,6-9,11-12H2,1-3H3,(H,20,22)/t14-,15-/m0/s1. The zero-order valence-electron chi connectivity index (χ0n) is 15.3. The van der Waals surface area contributed by atoms with Crippen LogP contribution in [0.1, 0.15) is 58.6 Å². The van der Waals surface area contributed by atoms with Gasteiger partial charge in [0, 0.05) is 31.0 Å². The Hall–Kier alpha value is -1.98. The smallest absolute Gasteiger partial charge is 0.410 e. The molecule has 3 heterocycles. The second-order valence-electron chi connectivity index (χ2n) is 8.09. The van der Waals surface area contributed by atoms with E-state index in [1.165, 1.54) is 0 Å². The molecule has 1 N–H and O–H groups in total. The molecule has 2 atom stereocenters. The Morgan fingerprint density at radius 2 is 1.96 bits per heavy atom. The second kappa shape index (κ2) is 7.10. The fraction of sp³-hybridized carbons (Fsp3) is 0.684. The van der Waals surface area contributed by atoms with Gasteiger partial charge < -0.3 is 19.4 Å². The van der Waals surface area contributed by atoms with Crippen molar-refractivity contribution in [3.05, 3.63) is 24.2 Å². The van der Waals surface area contributed by atoms with E-state index in [-0.39, 0.29) is 30.1 Å². The number of hydrogen-bond donors (Lipinski definition) is 1. The normalized spacial score (nSPS) is 25.7. The number of carbonyl (C=O) groups excluding carboxylic acids is 2. The summed E-state index contributed by atoms with van der Waals surface area (Å²) in [5.41, 5.74) is -0.479. The van der Waals surface area contributed by atoms with Gasteiger partial charge in [0.2, 0.25) is 5.91 Å². The summed E-state index contributed by atoms with van der Waals surface area (Å²) in [4.78, 5) is 26.5. The van der Waals surface area contributed by atoms with E-state index in [1.807, 2.05) is 37.8 Å². The van der Waals surface area contributed by atoms with Crippen molar-refractivity contribution in [1.29, 1.82) is 0 Å². The molecule has 25 heavy (non-hydrogen) atoms. The van der Waals surface area contributed by atoms with Crippen LogP contribution in [-0.2, 0) is 16.0 Å². The van der Waals surface area contributed by atoms with E-state index < -0.39 is 5.60 Å². The van der Waals surface area contributed by atoms with Crippen LogP contribution in [0, 0.1) is 0 Å². The van der Waals surface area contributed by atoms with E-state index in [0.29, 0.717) is 12.8 Å². The Morgan fingerprint density at radius 3 is 2.52 bits per heavy atom. The Morgan fingerprint density at radius 1 is 1.28 bits per heavy atom. The minimum Gasteiger partial charge on any atom is -0.469 e. The van der Waals surface area contributed by atoms with E-state index in [9.17, 15) is 9.59 Å². The first-order valence-corrected chi connectivity index (χ1v) is 9.15. The van der Waals surface area contributed by atoms with Crippen molar-refractivity contribution in [3.8, 4) is 0 Å². The molecular formula is C19H28N2O4. The molecule has 3 rings (SSSR count). The molecule has 0 aliphatic carbocycles. The summed E-state index contributed by atoms with van der Waals surface area (Å²) in [6, 6.07) is 4.19. The lowest BCUT2D eigenvalue weighted by molar-refractivity contribution is -0.122. The summed E-state index contributed by atoms with van der Waals surface area (Å²) in [6.07, 6.45) is 6.03. The molecule has 2 amide bonds. The molecule has 2 bridgehead atoms. The van der Waals surface area contributed by atoms with E-state index in [4.69, 9.17) is 9.15 Å². The molecule has 1 aromatic heterocycles. The highest BCUT2D eigenvalue weighted by molar-refractivity contribution is 5.76. The third-order valence-electron chi connectivity index (χ3n) is 4.88. The molecule has 138 valence electrons. The maximum atomic E-state index is 12.4. The summed E-state index contributed by atoms with van der Waals surface area (Å²) in [6.45, 7) is 5.66. The topological polar surface area (TPSA) is 71.8 Å². The summed E-state index contributed by atoms with van der Waals surface area (Å²) in [5.74, 6) is 0.876. The average Bonchev–Trinajstić information content (AvgIpc) is 3.10. The quantitative estimate of drug-likeness (QED) is 0.906. The lowest BCUT2D eigenvalue weighted by Gasteiger charge is -2.39. The van der Waals surface area contributed by atoms with Crippen LogP contribution in [0.2, 0.25) is 0 Å². The molecule has 2 aliphatic rings. The van der Waals surface area contributed by atoms with Gasteiger partial charge in [-0.05, 0) is 58.6 Å². The zero-order chi connectivity index (χ0) is 18.0. The lowest BCUT2D eigenvalue weighted by atomic mass is 9.97. The van der Waals surface area contributed by atoms with Gasteiger partial charge in [-0.2, -0.15) is 0 Å². The fourth-order valence-corrected chi connectivity index (χ4v) is 3.90. The number of nitrogens with zero attached hydrogens (tertiary/aromatic N) is 1. The van der Waals surface area contributed by atoms with Crippen LogP contribution in [0.3, 0.4) is 0 Å². The molecule has 2 fully saturated rings. The monoisotopic (exact) mass is 348 g/mol. The summed E-state index contributed by atoms with van der Waals surface area (Å²) < 4.78 is 10.8. The number of amides is 2. The highest BCUT2D eigenvalue weighted by Crippen LogP contribution is 2.36. The number of carbonyl (C=O) groups is 2. The molecule has 0 saturated carbocycles. The molecule has 0 unspecified atom stereocenters. The number of fused-ring (bicyclic) bond motifs is 2. The van der Waals surface area contributed by atoms with Crippen molar-refractivity contribution in [2.24, 2.45) is 0 Å². The molecule has 0 spiro atoms. The molecule has 2 aliphatic heterocycles. The second-order valence-corrected chi connectivity index (χ2v) is 8.09. The average molecular weight is 348 g/mol. The van der Waals surface area contributed by atoms with Gasteiger partial charge in [0.15, 0.2) is 0 Å². The third-order valence-corrected chi connectivity index (χ3v) is 4.88. The number of hydrogen-bond acceptors (Lipinski definition) is 4. The van der Waals surface area contributed by atoms with Crippen LogP contribution in [0.5, 0.6) is 0 Å². The number of ether oxygens (including phenoxy) is 1. The minimum atomic E-state index is -0.479. The molecule has 6 nitrogen and oxygen atoms in total. The fourth-order valence-electron chi connectivity index (χ4n) is 3.90. The lowest BCUT2D eigenvalue weighted by Crippen LogP contribution is -2.53. The van der Waals surface area contributed by atoms with E-state index in [1.54, 1.807) is 6.26 Å². The van der Waals surface area contributed by atoms with Crippen LogP contribution in [0.15, 0.2) is 22.8 Å². The molecule has 2 saturated heterocycles. The van der Waals surface area contributed by atoms with Gasteiger partial charge in [-0.25, -0.2) is 4.79 Å². The van der Waals surface area contributed by atoms with Gasteiger partial charge >= 0.3 is 6.09 Å². The Balaban J connectivity index is 1.49. The van der Waals surface area contributed by atoms with Crippen molar-refractivity contribution < 1.29 is 18.7 Å². The summed E-state index contributed by atoms with van der Waals surface area (Å²) in [5, 5.41) is 3.13. The van der Waals surface area contributed by atoms with Crippen molar-refractivity contribution in [2.75, 3.05) is 0 Å². The largest absolute Gasteiger partial charge is 0.469 e. The number of piperidine rings is 1. The van der Waals surface area contributed by atoms with Gasteiger partial charge in [0.05, 0.1) is 6.26 Å². The van der Waals surface area contributed by atoms with Gasteiger partial charge in [-0.1, -0.05) is 0 Å². The van der Waals surface area contributed by atoms with Gasteiger partial charge in [0.25, 0.3) is 0 Å². The Labute approximate surface area is 148 Å². The Bertz CT molecular complexity index is 591. The number of aryl methyl sites for hydroxylation is 1. The third kappa shape index (κ3) is 4.55. The first kappa shape index (κ1) is 17.8. The maximum absolute atomic E-state index is 12.4. The van der Waals surface area contributed by atoms with E-state index in [2.05, 4.69) is 5.32 Å². The van der Waals surface area contributed by atoms with Gasteiger partial charge in [-0.3, -0.25) is 4.79 Å². The van der Waals surface area contributed by atoms with Crippen molar-refractivity contribution in [2.45, 2.75) is 83.0 Å². The van der Waals surface area contributed by atoms with E-state index >= 15 is 0 Å². The van der Waals surface area contributed by atoms with E-state index in [0.717, 1.165) is 31.4 Å². The Kier molecular flexibility index (Phi) is 5.06. The molecule has 6 heteroatoms. The molecule has 0 aromatic carbocycles. The van der Waals surface area contributed by atoms with Gasteiger partial charge in [0.1, 0.15) is 11.4 Å². The summed E-state index contributed by atoms with van der Waals surface area (Å²) in [7, 11) is 0. The van der Waals surface area contributed by atoms with Crippen molar-refractivity contribution >= 4 is 12.0 Å². The van der Waals surface area contributed by atoms with Crippen LogP contribution in [0.4, 0.5) is 4.79 Å². The first-order chi connectivity index (χ1) is 11.8. The van der Waals surface area contributed by atoms with Crippen LogP contribution < -0.4 is 5.32 Å². The van der Waals surface area contributed by atoms with Crippen LogP contribution >= 0.6 is 0 Å². The number of nitrogens with one attached hydrogen (secondary N) is 1. The maximum Gasteiger partial charge on any atom is 0.410 e. The zero-order valence-corrected chi connectivity index (χ0v) is 15.3. The summed E-state index contributed by atoms with van der Waals surface area (Å²) >= 11 is 0. The van der Waals surface area contributed by atoms with Crippen LogP contribution in [-0.4, -0.2) is 40.6 Å². The molecule has 0 radical (unpaired) electrons. The first-order valence-electron chi connectivity index (χ1n) is 9.15. The van der Waals surface area contributed by atoms with Gasteiger partial charge in [-0.15, -0.1) is 0 Å². The predicted octanol–water partition coefficient (Wildman–Crippen LogP) is 3.26. The number of furan rings is 1. The van der Waals surface area contributed by atoms with Crippen molar-refractivity contribution in [1.82, 2.24) is 10.2 Å². The molecular weight excluding hydrogens is 320 g/mol. The van der Waals surface area contributed by atoms with Crippen molar-refractivity contribution in [3.63, 3.8) is 0 Å². The SMILES string of the molecule is CC(C)(C)OC(=O)N1[C@H]2CC[C@H]1CC(NC(=O)CCc1ccco1)C2. The molecule has 1 aromatic rings. The number of rotatable bonds is 4. The minimum absolute atomic E-state index is 0.0477. The highest BCUT2D eigenvalue weighted by Gasteiger charge is 2.45. The highest BCUT2D eigenvalue weighted by atomic mass is 16.6. The van der Waals surface area contributed by atoms with Crippen LogP contribution in [0.25, 0.3) is 0 Å².